The van der Waals surface area contributed by atoms with Crippen LogP contribution < -0.4 is 0 Å². The Labute approximate surface area is 163 Å². The van der Waals surface area contributed by atoms with Crippen LogP contribution in [-0.2, 0) is 18.8 Å². The molecule has 1 aliphatic heterocycles. The van der Waals surface area contributed by atoms with Crippen LogP contribution in [0.15, 0.2) is 35.3 Å². The molecule has 0 aromatic carbocycles. The van der Waals surface area contributed by atoms with Crippen LogP contribution in [0.1, 0.15) is 67.7 Å². The van der Waals surface area contributed by atoms with Crippen LogP contribution in [0.5, 0.6) is 0 Å². The lowest BCUT2D eigenvalue weighted by Crippen LogP contribution is -2.41. The zero-order chi connectivity index (χ0) is 20.5. The number of hydrogen-bond donors (Lipinski definition) is 1. The van der Waals surface area contributed by atoms with Gasteiger partial charge in [0.25, 0.3) is 0 Å². The number of nitrogens with one attached hydrogen (secondary N) is 1. The number of carbonyl (C=O) groups is 1. The van der Waals surface area contributed by atoms with E-state index in [0.29, 0.717) is 25.0 Å². The summed E-state index contributed by atoms with van der Waals surface area (Å²) in [4.78, 5) is 11.8. The molecule has 0 saturated carbocycles. The summed E-state index contributed by atoms with van der Waals surface area (Å²) >= 11 is 0. The zero-order valence-corrected chi connectivity index (χ0v) is 17.6. The van der Waals surface area contributed by atoms with Crippen molar-refractivity contribution in [2.45, 2.75) is 84.5 Å². The van der Waals surface area contributed by atoms with Crippen LogP contribution in [0, 0.1) is 5.41 Å². The first-order chi connectivity index (χ1) is 12.3. The maximum atomic E-state index is 11.8. The van der Waals surface area contributed by atoms with Crippen molar-refractivity contribution in [1.29, 1.82) is 5.41 Å². The lowest BCUT2D eigenvalue weighted by molar-refractivity contribution is -0.154. The van der Waals surface area contributed by atoms with Crippen molar-refractivity contribution >= 4 is 18.8 Å². The topological polar surface area (TPSA) is 68.6 Å². The van der Waals surface area contributed by atoms with Crippen LogP contribution in [0.3, 0.4) is 0 Å². The molecular weight excluding hydrogens is 341 g/mol. The van der Waals surface area contributed by atoms with E-state index in [1.54, 1.807) is 6.08 Å². The molecule has 0 atom stereocenters. The summed E-state index contributed by atoms with van der Waals surface area (Å²) in [6, 6.07) is 0. The van der Waals surface area contributed by atoms with Gasteiger partial charge < -0.3 is 19.5 Å². The molecule has 1 saturated heterocycles. The van der Waals surface area contributed by atoms with Gasteiger partial charge in [-0.05, 0) is 78.4 Å². The molecule has 0 radical (unpaired) electrons. The minimum Gasteiger partial charge on any atom is -0.460 e. The van der Waals surface area contributed by atoms with E-state index in [9.17, 15) is 4.79 Å². The number of ether oxygens (including phenoxy) is 1. The Morgan fingerprint density at radius 3 is 2.37 bits per heavy atom. The minimum atomic E-state index is -0.502. The highest BCUT2D eigenvalue weighted by atomic mass is 16.7. The Hall–Kier alpha value is -1.66. The molecule has 6 heteroatoms. The van der Waals surface area contributed by atoms with Crippen molar-refractivity contribution in [3.05, 3.63) is 35.3 Å². The molecule has 0 unspecified atom stereocenters. The molecule has 1 fully saturated rings. The predicted molar refractivity (Wildman–Crippen MR) is 109 cm³/mol. The quantitative estimate of drug-likeness (QED) is 0.435. The van der Waals surface area contributed by atoms with E-state index in [1.807, 2.05) is 66.7 Å². The fourth-order valence-corrected chi connectivity index (χ4v) is 2.87. The van der Waals surface area contributed by atoms with Gasteiger partial charge in [0.1, 0.15) is 5.60 Å². The molecule has 0 amide bonds. The lowest BCUT2D eigenvalue weighted by Gasteiger charge is -2.32. The van der Waals surface area contributed by atoms with Gasteiger partial charge in [0.05, 0.1) is 16.9 Å². The Kier molecular flexibility index (Phi) is 6.22. The van der Waals surface area contributed by atoms with Gasteiger partial charge in [0.2, 0.25) is 0 Å². The third-order valence-corrected chi connectivity index (χ3v) is 5.00. The van der Waals surface area contributed by atoms with E-state index >= 15 is 0 Å². The van der Waals surface area contributed by atoms with Gasteiger partial charge in [-0.2, -0.15) is 0 Å². The van der Waals surface area contributed by atoms with Gasteiger partial charge in [-0.25, -0.2) is 0 Å². The molecule has 5 nitrogen and oxygen atoms in total. The summed E-state index contributed by atoms with van der Waals surface area (Å²) in [6.07, 6.45) is 9.26. The van der Waals surface area contributed by atoms with E-state index in [2.05, 4.69) is 0 Å². The Bertz CT molecular complexity index is 679. The molecular formula is C21H32BNO4. The smallest absolute Gasteiger partial charge is 0.460 e. The number of esters is 1. The summed E-state index contributed by atoms with van der Waals surface area (Å²) in [6.45, 7) is 13.7. The third-order valence-electron chi connectivity index (χ3n) is 5.00. The van der Waals surface area contributed by atoms with Crippen LogP contribution in [0.25, 0.3) is 0 Å². The second kappa shape index (κ2) is 7.76. The number of hydrogen-bond acceptors (Lipinski definition) is 5. The van der Waals surface area contributed by atoms with E-state index in [-0.39, 0.29) is 5.97 Å². The molecule has 27 heavy (non-hydrogen) atoms. The second-order valence-corrected chi connectivity index (χ2v) is 9.08. The maximum Gasteiger partial charge on any atom is 0.495 e. The van der Waals surface area contributed by atoms with Crippen LogP contribution in [0.4, 0.5) is 0 Å². The van der Waals surface area contributed by atoms with Crippen molar-refractivity contribution in [2.24, 2.45) is 0 Å². The normalized spacial score (nSPS) is 22.9. The summed E-state index contributed by atoms with van der Waals surface area (Å²) in [5.41, 5.74) is 0.782. The van der Waals surface area contributed by atoms with E-state index in [0.717, 1.165) is 11.0 Å². The highest BCUT2D eigenvalue weighted by Crippen LogP contribution is 2.40. The average Bonchev–Trinajstić information content (AvgIpc) is 2.71. The SMILES string of the molecule is CC(C)(C)OC(=O)CCC/C=C1\C(=N)C=CC=C1B1OC(C)(C)C(C)(C)O1. The molecule has 1 N–H and O–H groups in total. The maximum absolute atomic E-state index is 11.8. The first kappa shape index (κ1) is 21.6. The number of carbonyl (C=O) groups excluding carboxylic acids is 1. The summed E-state index contributed by atoms with van der Waals surface area (Å²) in [7, 11) is -0.502. The van der Waals surface area contributed by atoms with Crippen LogP contribution >= 0.6 is 0 Å². The zero-order valence-electron chi connectivity index (χ0n) is 17.6. The van der Waals surface area contributed by atoms with Gasteiger partial charge in [0.15, 0.2) is 0 Å². The average molecular weight is 373 g/mol. The van der Waals surface area contributed by atoms with E-state index in [4.69, 9.17) is 19.5 Å². The highest BCUT2D eigenvalue weighted by molar-refractivity contribution is 6.58. The number of allylic oxidation sites excluding steroid dienone is 6. The summed E-state index contributed by atoms with van der Waals surface area (Å²) < 4.78 is 17.6. The molecule has 2 aliphatic rings. The molecule has 1 aliphatic carbocycles. The van der Waals surface area contributed by atoms with Crippen molar-refractivity contribution in [3.63, 3.8) is 0 Å². The van der Waals surface area contributed by atoms with Crippen molar-refractivity contribution in [3.8, 4) is 0 Å². The van der Waals surface area contributed by atoms with E-state index < -0.39 is 23.9 Å². The molecule has 0 bridgehead atoms. The Balaban J connectivity index is 2.03. The van der Waals surface area contributed by atoms with Gasteiger partial charge in [-0.15, -0.1) is 0 Å². The van der Waals surface area contributed by atoms with E-state index in [1.165, 1.54) is 0 Å². The molecule has 0 aromatic rings. The highest BCUT2D eigenvalue weighted by Gasteiger charge is 2.53. The molecule has 0 aromatic heterocycles. The standard InChI is InChI=1S/C21H32BNO4/c1-19(2,3)25-18(24)14-9-8-11-15-16(12-10-13-17(15)23)22-26-20(4,5)21(6,7)27-22/h10-13,23H,8-9,14H2,1-7H3/b15-11-,23-17?. The number of rotatable bonds is 5. The monoisotopic (exact) mass is 373 g/mol. The minimum absolute atomic E-state index is 0.193. The molecule has 2 rings (SSSR count). The molecule has 0 spiro atoms. The number of unbranched alkanes of at least 4 members (excludes halogenated alkanes) is 1. The van der Waals surface area contributed by atoms with Gasteiger partial charge >= 0.3 is 13.1 Å². The molecule has 1 heterocycles. The summed E-state index contributed by atoms with van der Waals surface area (Å²) in [5.74, 6) is -0.193. The fraction of sp³-hybridized carbons (Fsp3) is 0.619. The van der Waals surface area contributed by atoms with Crippen molar-refractivity contribution < 1.29 is 18.8 Å². The second-order valence-electron chi connectivity index (χ2n) is 9.08. The fourth-order valence-electron chi connectivity index (χ4n) is 2.87. The first-order valence-electron chi connectivity index (χ1n) is 9.58. The third kappa shape index (κ3) is 5.42. The molecule has 148 valence electrons. The predicted octanol–water partition coefficient (Wildman–Crippen LogP) is 4.57. The van der Waals surface area contributed by atoms with Gasteiger partial charge in [-0.1, -0.05) is 18.2 Å². The van der Waals surface area contributed by atoms with Crippen LogP contribution in [0.2, 0.25) is 0 Å². The van der Waals surface area contributed by atoms with Gasteiger partial charge in [-0.3, -0.25) is 4.79 Å². The largest absolute Gasteiger partial charge is 0.495 e. The van der Waals surface area contributed by atoms with Crippen molar-refractivity contribution in [1.82, 2.24) is 0 Å². The first-order valence-corrected chi connectivity index (χ1v) is 9.58. The van der Waals surface area contributed by atoms with Gasteiger partial charge in [0, 0.05) is 6.42 Å². The Morgan fingerprint density at radius 1 is 1.22 bits per heavy atom. The lowest BCUT2D eigenvalue weighted by atomic mass is 9.70. The van der Waals surface area contributed by atoms with Crippen LogP contribution in [-0.4, -0.2) is 35.6 Å². The summed E-state index contributed by atoms with van der Waals surface area (Å²) in [5, 5.41) is 8.28. The Morgan fingerprint density at radius 2 is 1.81 bits per heavy atom. The van der Waals surface area contributed by atoms with Crippen molar-refractivity contribution in [2.75, 3.05) is 0 Å².